The smallest absolute Gasteiger partial charge is 0.405 e. The summed E-state index contributed by atoms with van der Waals surface area (Å²) in [6.07, 6.45) is 0.251. The second-order valence-corrected chi connectivity index (χ2v) is 2.89. The first-order valence-electron chi connectivity index (χ1n) is 3.60. The molecule has 0 aliphatic carbocycles. The monoisotopic (exact) mass is 140 g/mol. The molecule has 0 bridgehead atoms. The second-order valence-electron chi connectivity index (χ2n) is 2.89. The topological polar surface area (TPSA) is 18.5 Å². The van der Waals surface area contributed by atoms with Gasteiger partial charge in [0.15, 0.2) is 0 Å². The van der Waals surface area contributed by atoms with Crippen LogP contribution in [0.25, 0.3) is 0 Å². The molecule has 0 aromatic heterocycles. The fourth-order valence-electron chi connectivity index (χ4n) is 0.897. The Labute approximate surface area is 62.4 Å². The first-order valence-corrected chi connectivity index (χ1v) is 3.60. The van der Waals surface area contributed by atoms with E-state index in [1.807, 2.05) is 26.7 Å². The summed E-state index contributed by atoms with van der Waals surface area (Å²) in [6, 6.07) is 0. The molecule has 1 aliphatic heterocycles. The Morgan fingerprint density at radius 2 is 2.30 bits per heavy atom. The van der Waals surface area contributed by atoms with Crippen LogP contribution in [0.1, 0.15) is 20.8 Å². The standard InChI is InChI=1S/C7H13BO2/c1-6(2)4-8-9-5-7(3)10-8/h4,7H,5H2,1-3H3. The molecule has 3 heteroatoms. The molecule has 0 aromatic carbocycles. The average molecular weight is 140 g/mol. The van der Waals surface area contributed by atoms with Crippen molar-refractivity contribution >= 4 is 7.12 Å². The molecule has 0 aromatic rings. The molecule has 1 atom stereocenters. The van der Waals surface area contributed by atoms with Crippen LogP contribution >= 0.6 is 0 Å². The summed E-state index contributed by atoms with van der Waals surface area (Å²) < 4.78 is 10.7. The average Bonchev–Trinajstić information content (AvgIpc) is 2.13. The van der Waals surface area contributed by atoms with Crippen molar-refractivity contribution in [1.29, 1.82) is 0 Å². The molecule has 0 N–H and O–H groups in total. The SMILES string of the molecule is CC(C)=CB1OCC(C)O1. The summed E-state index contributed by atoms with van der Waals surface area (Å²) >= 11 is 0. The van der Waals surface area contributed by atoms with Gasteiger partial charge in [-0.15, -0.1) is 0 Å². The van der Waals surface area contributed by atoms with Crippen LogP contribution in [0, 0.1) is 0 Å². The van der Waals surface area contributed by atoms with Crippen molar-refractivity contribution < 1.29 is 9.31 Å². The van der Waals surface area contributed by atoms with E-state index in [9.17, 15) is 0 Å². The molecule has 1 aliphatic rings. The van der Waals surface area contributed by atoms with Gasteiger partial charge in [0.05, 0.1) is 12.7 Å². The Morgan fingerprint density at radius 1 is 1.60 bits per heavy atom. The van der Waals surface area contributed by atoms with Crippen molar-refractivity contribution in [3.8, 4) is 0 Å². The van der Waals surface area contributed by atoms with Crippen LogP contribution in [-0.2, 0) is 9.31 Å². The molecule has 0 radical (unpaired) electrons. The summed E-state index contributed by atoms with van der Waals surface area (Å²) in [5.74, 6) is 1.99. The van der Waals surface area contributed by atoms with E-state index < -0.39 is 0 Å². The van der Waals surface area contributed by atoms with Crippen LogP contribution in [0.15, 0.2) is 11.5 Å². The summed E-state index contributed by atoms with van der Waals surface area (Å²) in [4.78, 5) is 0. The molecule has 2 nitrogen and oxygen atoms in total. The molecule has 10 heavy (non-hydrogen) atoms. The third-order valence-corrected chi connectivity index (χ3v) is 1.33. The lowest BCUT2D eigenvalue weighted by atomic mass is 9.88. The Morgan fingerprint density at radius 3 is 2.70 bits per heavy atom. The summed E-state index contributed by atoms with van der Waals surface area (Å²) in [7, 11) is -0.0972. The first kappa shape index (κ1) is 7.83. The minimum atomic E-state index is -0.0972. The minimum Gasteiger partial charge on any atom is -0.405 e. The molecule has 0 amide bonds. The molecule has 0 spiro atoms. The predicted molar refractivity (Wildman–Crippen MR) is 41.7 cm³/mol. The molecule has 1 unspecified atom stereocenters. The maximum Gasteiger partial charge on any atom is 0.486 e. The van der Waals surface area contributed by atoms with Crippen molar-refractivity contribution in [2.24, 2.45) is 0 Å². The van der Waals surface area contributed by atoms with Crippen LogP contribution in [-0.4, -0.2) is 19.8 Å². The number of hydrogen-bond donors (Lipinski definition) is 0. The molecule has 1 heterocycles. The van der Waals surface area contributed by atoms with Gasteiger partial charge in [-0.25, -0.2) is 0 Å². The van der Waals surface area contributed by atoms with Gasteiger partial charge in [0.1, 0.15) is 0 Å². The summed E-state index contributed by atoms with van der Waals surface area (Å²) in [5.41, 5.74) is 1.24. The lowest BCUT2D eigenvalue weighted by molar-refractivity contribution is 0.258. The molecule has 56 valence electrons. The third kappa shape index (κ3) is 2.16. The van der Waals surface area contributed by atoms with E-state index in [4.69, 9.17) is 9.31 Å². The predicted octanol–water partition coefficient (Wildman–Crippen LogP) is 1.42. The summed E-state index contributed by atoms with van der Waals surface area (Å²) in [6.45, 7) is 6.80. The third-order valence-electron chi connectivity index (χ3n) is 1.33. The van der Waals surface area contributed by atoms with Gasteiger partial charge in [-0.1, -0.05) is 11.5 Å². The maximum atomic E-state index is 5.37. The van der Waals surface area contributed by atoms with Gasteiger partial charge in [-0.3, -0.25) is 0 Å². The molecular formula is C7H13BO2. The van der Waals surface area contributed by atoms with Gasteiger partial charge in [0.2, 0.25) is 0 Å². The lowest BCUT2D eigenvalue weighted by Crippen LogP contribution is -2.12. The van der Waals surface area contributed by atoms with Crippen molar-refractivity contribution in [3.05, 3.63) is 11.5 Å². The van der Waals surface area contributed by atoms with Crippen molar-refractivity contribution in [2.75, 3.05) is 6.61 Å². The molecular weight excluding hydrogens is 127 g/mol. The van der Waals surface area contributed by atoms with Crippen molar-refractivity contribution in [3.63, 3.8) is 0 Å². The number of hydrogen-bond acceptors (Lipinski definition) is 2. The Hall–Kier alpha value is -0.275. The van der Waals surface area contributed by atoms with Gasteiger partial charge >= 0.3 is 7.12 Å². The van der Waals surface area contributed by atoms with Gasteiger partial charge in [0, 0.05) is 0 Å². The Balaban J connectivity index is 2.38. The van der Waals surface area contributed by atoms with E-state index in [0.717, 1.165) is 0 Å². The Bertz CT molecular complexity index is 141. The first-order chi connectivity index (χ1) is 4.68. The van der Waals surface area contributed by atoms with E-state index in [2.05, 4.69) is 0 Å². The zero-order valence-electron chi connectivity index (χ0n) is 6.76. The van der Waals surface area contributed by atoms with Gasteiger partial charge < -0.3 is 9.31 Å². The van der Waals surface area contributed by atoms with Gasteiger partial charge in [-0.2, -0.15) is 0 Å². The highest BCUT2D eigenvalue weighted by atomic mass is 16.6. The molecule has 1 fully saturated rings. The largest absolute Gasteiger partial charge is 0.486 e. The number of rotatable bonds is 1. The highest BCUT2D eigenvalue weighted by Gasteiger charge is 2.25. The molecule has 1 rings (SSSR count). The highest BCUT2D eigenvalue weighted by molar-refractivity contribution is 6.51. The van der Waals surface area contributed by atoms with Crippen molar-refractivity contribution in [2.45, 2.75) is 26.9 Å². The quantitative estimate of drug-likeness (QED) is 0.512. The molecule has 0 saturated carbocycles. The fourth-order valence-corrected chi connectivity index (χ4v) is 0.897. The van der Waals surface area contributed by atoms with E-state index >= 15 is 0 Å². The van der Waals surface area contributed by atoms with E-state index in [0.29, 0.717) is 6.61 Å². The van der Waals surface area contributed by atoms with E-state index in [1.165, 1.54) is 5.57 Å². The fraction of sp³-hybridized carbons (Fsp3) is 0.714. The number of allylic oxidation sites excluding steroid dienone is 1. The molecule has 1 saturated heterocycles. The van der Waals surface area contributed by atoms with Crippen LogP contribution in [0.2, 0.25) is 0 Å². The zero-order valence-corrected chi connectivity index (χ0v) is 6.76. The van der Waals surface area contributed by atoms with E-state index in [1.54, 1.807) is 0 Å². The van der Waals surface area contributed by atoms with Gasteiger partial charge in [-0.05, 0) is 20.8 Å². The minimum absolute atomic E-state index is 0.0972. The van der Waals surface area contributed by atoms with Crippen LogP contribution in [0.3, 0.4) is 0 Å². The maximum absolute atomic E-state index is 5.37. The van der Waals surface area contributed by atoms with Gasteiger partial charge in [0.25, 0.3) is 0 Å². The Kier molecular flexibility index (Phi) is 2.52. The van der Waals surface area contributed by atoms with E-state index in [-0.39, 0.29) is 13.2 Å². The normalized spacial score (nSPS) is 25.1. The lowest BCUT2D eigenvalue weighted by Gasteiger charge is -1.98. The van der Waals surface area contributed by atoms with Crippen LogP contribution in [0.5, 0.6) is 0 Å². The van der Waals surface area contributed by atoms with Crippen LogP contribution < -0.4 is 0 Å². The summed E-state index contributed by atoms with van der Waals surface area (Å²) in [5, 5.41) is 0. The van der Waals surface area contributed by atoms with Crippen LogP contribution in [0.4, 0.5) is 0 Å². The van der Waals surface area contributed by atoms with Crippen molar-refractivity contribution in [1.82, 2.24) is 0 Å². The highest BCUT2D eigenvalue weighted by Crippen LogP contribution is 2.09. The second kappa shape index (κ2) is 3.22. The zero-order chi connectivity index (χ0) is 7.56.